The zero-order valence-electron chi connectivity index (χ0n) is 11.9. The highest BCUT2D eigenvalue weighted by molar-refractivity contribution is 6.05. The Labute approximate surface area is 131 Å². The third kappa shape index (κ3) is 4.85. The van der Waals surface area contributed by atoms with E-state index in [0.29, 0.717) is 11.3 Å². The molecule has 0 fully saturated rings. The van der Waals surface area contributed by atoms with Gasteiger partial charge in [0.1, 0.15) is 11.5 Å². The summed E-state index contributed by atoms with van der Waals surface area (Å²) in [7, 11) is 0. The van der Waals surface area contributed by atoms with Crippen molar-refractivity contribution in [3.8, 4) is 0 Å². The van der Waals surface area contributed by atoms with Crippen LogP contribution in [0.1, 0.15) is 16.1 Å². The van der Waals surface area contributed by atoms with Gasteiger partial charge >= 0.3 is 0 Å². The van der Waals surface area contributed by atoms with E-state index in [9.17, 15) is 19.5 Å². The van der Waals surface area contributed by atoms with Gasteiger partial charge in [0.2, 0.25) is 0 Å². The third-order valence-electron chi connectivity index (χ3n) is 2.75. The number of rotatable bonds is 6. The molecule has 7 nitrogen and oxygen atoms in total. The molecule has 118 valence electrons. The van der Waals surface area contributed by atoms with Gasteiger partial charge in [-0.25, -0.2) is 0 Å². The van der Waals surface area contributed by atoms with Crippen molar-refractivity contribution in [1.82, 2.24) is 10.6 Å². The van der Waals surface area contributed by atoms with E-state index in [2.05, 4.69) is 10.6 Å². The van der Waals surface area contributed by atoms with Gasteiger partial charge in [-0.1, -0.05) is 18.2 Å². The number of hydrogen-bond acceptors (Lipinski definition) is 5. The number of amides is 2. The van der Waals surface area contributed by atoms with Crippen LogP contribution in [0.2, 0.25) is 0 Å². The molecule has 1 heterocycles. The first-order valence-electron chi connectivity index (χ1n) is 6.66. The Bertz CT molecular complexity index is 720. The Morgan fingerprint density at radius 3 is 2.43 bits per heavy atom. The maximum absolute atomic E-state index is 12.1. The van der Waals surface area contributed by atoms with Gasteiger partial charge in [-0.2, -0.15) is 0 Å². The molecule has 0 atom stereocenters. The number of aliphatic carboxylic acids is 1. The highest BCUT2D eigenvalue weighted by Crippen LogP contribution is 2.07. The predicted octanol–water partition coefficient (Wildman–Crippen LogP) is -0.0834. The van der Waals surface area contributed by atoms with Crippen molar-refractivity contribution in [2.24, 2.45) is 0 Å². The number of furan rings is 1. The number of hydrogen-bond donors (Lipinski definition) is 2. The second-order valence-electron chi connectivity index (χ2n) is 4.45. The third-order valence-corrected chi connectivity index (χ3v) is 2.75. The van der Waals surface area contributed by atoms with Crippen molar-refractivity contribution in [2.45, 2.75) is 0 Å². The SMILES string of the molecule is O=C([O-])CNC(=O)/C(=C/c1ccco1)NC(=O)c1ccccc1. The zero-order valence-corrected chi connectivity index (χ0v) is 11.9. The van der Waals surface area contributed by atoms with Crippen molar-refractivity contribution in [3.63, 3.8) is 0 Å². The van der Waals surface area contributed by atoms with Gasteiger partial charge in [-0.3, -0.25) is 9.59 Å². The summed E-state index contributed by atoms with van der Waals surface area (Å²) in [5.74, 6) is -2.39. The molecule has 0 unspecified atom stereocenters. The fourth-order valence-electron chi connectivity index (χ4n) is 1.71. The lowest BCUT2D eigenvalue weighted by Crippen LogP contribution is -2.41. The van der Waals surface area contributed by atoms with Crippen molar-refractivity contribution in [3.05, 3.63) is 65.7 Å². The summed E-state index contributed by atoms with van der Waals surface area (Å²) in [6.45, 7) is -0.671. The molecular formula is C16H13N2O5-. The van der Waals surface area contributed by atoms with Crippen LogP contribution in [0.25, 0.3) is 6.08 Å². The lowest BCUT2D eigenvalue weighted by Gasteiger charge is -2.11. The number of nitrogens with one attached hydrogen (secondary N) is 2. The minimum absolute atomic E-state index is 0.143. The molecule has 0 aliphatic carbocycles. The molecule has 2 amide bonds. The van der Waals surface area contributed by atoms with Crippen LogP contribution >= 0.6 is 0 Å². The average Bonchev–Trinajstić information content (AvgIpc) is 3.05. The van der Waals surface area contributed by atoms with E-state index in [1.165, 1.54) is 12.3 Å². The summed E-state index contributed by atoms with van der Waals surface area (Å²) < 4.78 is 5.09. The molecule has 0 saturated carbocycles. The maximum atomic E-state index is 12.1. The van der Waals surface area contributed by atoms with Crippen molar-refractivity contribution in [2.75, 3.05) is 6.54 Å². The maximum Gasteiger partial charge on any atom is 0.268 e. The van der Waals surface area contributed by atoms with Gasteiger partial charge in [-0.05, 0) is 24.3 Å². The summed E-state index contributed by atoms with van der Waals surface area (Å²) in [6, 6.07) is 11.5. The van der Waals surface area contributed by atoms with Crippen molar-refractivity contribution in [1.29, 1.82) is 0 Å². The van der Waals surface area contributed by atoms with Crippen LogP contribution in [0, 0.1) is 0 Å². The molecule has 2 aromatic rings. The quantitative estimate of drug-likeness (QED) is 0.724. The number of carbonyl (C=O) groups is 3. The standard InChI is InChI=1S/C16H14N2O5/c19-14(20)10-17-16(22)13(9-12-7-4-8-23-12)18-15(21)11-5-2-1-3-6-11/h1-9H,10H2,(H,17,22)(H,18,21)(H,19,20)/p-1/b13-9-. The molecule has 2 rings (SSSR count). The summed E-state index contributed by atoms with van der Waals surface area (Å²) in [5.41, 5.74) is 0.209. The fourth-order valence-corrected chi connectivity index (χ4v) is 1.71. The Balaban J connectivity index is 2.18. The van der Waals surface area contributed by atoms with Crippen LogP contribution in [0.15, 0.2) is 58.8 Å². The number of carboxylic acids is 1. The molecule has 0 aliphatic rings. The molecule has 7 heteroatoms. The summed E-state index contributed by atoms with van der Waals surface area (Å²) in [6.07, 6.45) is 2.70. The molecule has 2 N–H and O–H groups in total. The molecular weight excluding hydrogens is 300 g/mol. The second-order valence-corrected chi connectivity index (χ2v) is 4.45. The van der Waals surface area contributed by atoms with Gasteiger partial charge in [0.15, 0.2) is 0 Å². The summed E-state index contributed by atoms with van der Waals surface area (Å²) in [4.78, 5) is 34.6. The van der Waals surface area contributed by atoms with E-state index < -0.39 is 24.3 Å². The van der Waals surface area contributed by atoms with E-state index in [1.54, 1.807) is 42.5 Å². The Morgan fingerprint density at radius 2 is 1.83 bits per heavy atom. The van der Waals surface area contributed by atoms with Gasteiger partial charge in [0, 0.05) is 11.6 Å². The normalized spacial score (nSPS) is 10.9. The average molecular weight is 313 g/mol. The molecule has 1 aromatic carbocycles. The predicted molar refractivity (Wildman–Crippen MR) is 78.6 cm³/mol. The molecule has 0 saturated heterocycles. The molecule has 23 heavy (non-hydrogen) atoms. The molecule has 0 radical (unpaired) electrons. The van der Waals surface area contributed by atoms with Crippen LogP contribution in [0.5, 0.6) is 0 Å². The van der Waals surface area contributed by atoms with Gasteiger partial charge in [0.05, 0.1) is 18.8 Å². The van der Waals surface area contributed by atoms with Crippen LogP contribution in [-0.2, 0) is 9.59 Å². The van der Waals surface area contributed by atoms with E-state index >= 15 is 0 Å². The van der Waals surface area contributed by atoms with Gasteiger partial charge in [-0.15, -0.1) is 0 Å². The Hall–Kier alpha value is -3.35. The molecule has 0 spiro atoms. The van der Waals surface area contributed by atoms with Crippen LogP contribution in [-0.4, -0.2) is 24.3 Å². The van der Waals surface area contributed by atoms with Crippen LogP contribution < -0.4 is 15.7 Å². The minimum atomic E-state index is -1.44. The van der Waals surface area contributed by atoms with E-state index in [1.807, 2.05) is 0 Å². The van der Waals surface area contributed by atoms with Gasteiger partial charge < -0.3 is 25.0 Å². The first kappa shape index (κ1) is 16.0. The van der Waals surface area contributed by atoms with Crippen molar-refractivity contribution < 1.29 is 23.9 Å². The second kappa shape index (κ2) is 7.60. The summed E-state index contributed by atoms with van der Waals surface area (Å²) >= 11 is 0. The fraction of sp³-hybridized carbons (Fsp3) is 0.0625. The molecule has 0 bridgehead atoms. The molecule has 0 aliphatic heterocycles. The largest absolute Gasteiger partial charge is 0.548 e. The lowest BCUT2D eigenvalue weighted by molar-refractivity contribution is -0.303. The topological polar surface area (TPSA) is 111 Å². The van der Waals surface area contributed by atoms with E-state index in [-0.39, 0.29) is 5.70 Å². The smallest absolute Gasteiger partial charge is 0.268 e. The van der Waals surface area contributed by atoms with Gasteiger partial charge in [0.25, 0.3) is 11.8 Å². The Kier molecular flexibility index (Phi) is 5.30. The number of benzene rings is 1. The highest BCUT2D eigenvalue weighted by atomic mass is 16.4. The monoisotopic (exact) mass is 313 g/mol. The number of carboxylic acid groups (broad SMARTS) is 1. The first-order chi connectivity index (χ1) is 11.1. The highest BCUT2D eigenvalue weighted by Gasteiger charge is 2.14. The lowest BCUT2D eigenvalue weighted by atomic mass is 10.2. The summed E-state index contributed by atoms with van der Waals surface area (Å²) in [5, 5.41) is 15.0. The van der Waals surface area contributed by atoms with E-state index in [4.69, 9.17) is 4.42 Å². The zero-order chi connectivity index (χ0) is 16.7. The Morgan fingerprint density at radius 1 is 1.09 bits per heavy atom. The first-order valence-corrected chi connectivity index (χ1v) is 6.66. The van der Waals surface area contributed by atoms with E-state index in [0.717, 1.165) is 0 Å². The van der Waals surface area contributed by atoms with Crippen LogP contribution in [0.4, 0.5) is 0 Å². The molecule has 1 aromatic heterocycles. The van der Waals surface area contributed by atoms with Crippen LogP contribution in [0.3, 0.4) is 0 Å². The number of carbonyl (C=O) groups excluding carboxylic acids is 3. The van der Waals surface area contributed by atoms with Crippen molar-refractivity contribution >= 4 is 23.9 Å². The minimum Gasteiger partial charge on any atom is -0.548 e.